The van der Waals surface area contributed by atoms with Crippen LogP contribution in [0.3, 0.4) is 0 Å². The van der Waals surface area contributed by atoms with E-state index in [2.05, 4.69) is 0 Å². The van der Waals surface area contributed by atoms with Crippen LogP contribution in [0.4, 0.5) is 8.78 Å². The van der Waals surface area contributed by atoms with Crippen molar-refractivity contribution < 1.29 is 57.7 Å². The molecule has 0 atom stereocenters. The molecule has 2 aromatic carbocycles. The van der Waals surface area contributed by atoms with Crippen molar-refractivity contribution >= 4 is 32.9 Å². The van der Waals surface area contributed by atoms with Gasteiger partial charge < -0.3 is 30.9 Å². The maximum absolute atomic E-state index is 14.1. The van der Waals surface area contributed by atoms with Crippen LogP contribution in [-0.2, 0) is 28.9 Å². The Morgan fingerprint density at radius 1 is 0.914 bits per heavy atom. The standard InChI is InChI=1S/C24H28F2NO6S.BrH/c1-16(28)33-15-20(17-6-9-19(10-7-17)34(5,30)31)23(18-8-11-21(25)22(26)14-18)24(29)32-13-12-27(2,3)4;/h6-11,14H,12-13,15H2,1-5H3;1H/q+1;/p-1. The molecule has 0 bridgehead atoms. The summed E-state index contributed by atoms with van der Waals surface area (Å²) in [5.41, 5.74) is 0.380. The van der Waals surface area contributed by atoms with E-state index in [9.17, 15) is 26.8 Å². The van der Waals surface area contributed by atoms with Crippen LogP contribution in [0.25, 0.3) is 11.1 Å². The number of rotatable bonds is 9. The number of carbonyl (C=O) groups is 2. The predicted molar refractivity (Wildman–Crippen MR) is 123 cm³/mol. The quantitative estimate of drug-likeness (QED) is 0.182. The summed E-state index contributed by atoms with van der Waals surface area (Å²) >= 11 is 0. The van der Waals surface area contributed by atoms with Crippen LogP contribution < -0.4 is 17.0 Å². The highest BCUT2D eigenvalue weighted by atomic mass is 79.9. The van der Waals surface area contributed by atoms with Crippen molar-refractivity contribution in [3.63, 3.8) is 0 Å². The number of esters is 2. The van der Waals surface area contributed by atoms with E-state index >= 15 is 0 Å². The minimum Gasteiger partial charge on any atom is -1.00 e. The first-order valence-electron chi connectivity index (χ1n) is 10.3. The molecule has 35 heavy (non-hydrogen) atoms. The van der Waals surface area contributed by atoms with Crippen LogP contribution in [0.15, 0.2) is 47.4 Å². The lowest BCUT2D eigenvalue weighted by Gasteiger charge is -2.23. The summed E-state index contributed by atoms with van der Waals surface area (Å²) in [6, 6.07) is 8.49. The summed E-state index contributed by atoms with van der Waals surface area (Å²) < 4.78 is 62.4. The Hall–Kier alpha value is -2.63. The number of ether oxygens (including phenoxy) is 2. The van der Waals surface area contributed by atoms with Crippen molar-refractivity contribution in [2.24, 2.45) is 0 Å². The predicted octanol–water partition coefficient (Wildman–Crippen LogP) is 0.0956. The molecule has 0 heterocycles. The van der Waals surface area contributed by atoms with Crippen LogP contribution in [0.2, 0.25) is 0 Å². The van der Waals surface area contributed by atoms with Gasteiger partial charge in [-0.3, -0.25) is 4.79 Å². The van der Waals surface area contributed by atoms with Crippen LogP contribution in [0.5, 0.6) is 0 Å². The van der Waals surface area contributed by atoms with Gasteiger partial charge in [-0.2, -0.15) is 0 Å². The molecule has 0 aliphatic carbocycles. The van der Waals surface area contributed by atoms with Gasteiger partial charge in [0, 0.05) is 18.8 Å². The maximum atomic E-state index is 14.1. The van der Waals surface area contributed by atoms with Crippen molar-refractivity contribution in [3.05, 3.63) is 65.2 Å². The second kappa shape index (κ2) is 12.4. The molecule has 0 amide bonds. The molecule has 2 aromatic rings. The molecule has 11 heteroatoms. The molecule has 0 aromatic heterocycles. The third-order valence-corrected chi connectivity index (χ3v) is 5.89. The number of sulfone groups is 1. The van der Waals surface area contributed by atoms with Crippen molar-refractivity contribution in [1.29, 1.82) is 0 Å². The Morgan fingerprint density at radius 3 is 1.97 bits per heavy atom. The summed E-state index contributed by atoms with van der Waals surface area (Å²) in [4.78, 5) is 24.7. The third-order valence-electron chi connectivity index (χ3n) is 4.76. The van der Waals surface area contributed by atoms with Crippen molar-refractivity contribution in [3.8, 4) is 0 Å². The highest BCUT2D eigenvalue weighted by molar-refractivity contribution is 7.90. The first-order chi connectivity index (χ1) is 15.7. The highest BCUT2D eigenvalue weighted by Crippen LogP contribution is 2.30. The molecule has 0 fully saturated rings. The molecule has 0 aliphatic rings. The molecule has 0 radical (unpaired) electrons. The van der Waals surface area contributed by atoms with Gasteiger partial charge >= 0.3 is 11.9 Å². The van der Waals surface area contributed by atoms with Crippen molar-refractivity contribution in [1.82, 2.24) is 0 Å². The fraction of sp³-hybridized carbons (Fsp3) is 0.333. The molecule has 0 N–H and O–H groups in total. The van der Waals surface area contributed by atoms with E-state index in [1.165, 1.54) is 37.3 Å². The average Bonchev–Trinajstić information content (AvgIpc) is 2.71. The molecule has 0 aliphatic heterocycles. The first kappa shape index (κ1) is 30.4. The van der Waals surface area contributed by atoms with Crippen LogP contribution >= 0.6 is 0 Å². The lowest BCUT2D eigenvalue weighted by Crippen LogP contribution is -3.00. The maximum Gasteiger partial charge on any atom is 0.339 e. The molecule has 7 nitrogen and oxygen atoms in total. The van der Waals surface area contributed by atoms with Crippen LogP contribution in [0.1, 0.15) is 18.1 Å². The zero-order valence-corrected chi connectivity index (χ0v) is 22.5. The molecule has 0 spiro atoms. The van der Waals surface area contributed by atoms with Crippen molar-refractivity contribution in [2.45, 2.75) is 11.8 Å². The van der Waals surface area contributed by atoms with Gasteiger partial charge in [-0.1, -0.05) is 18.2 Å². The second-order valence-electron chi connectivity index (χ2n) is 8.71. The van der Waals surface area contributed by atoms with Gasteiger partial charge in [-0.05, 0) is 35.4 Å². The lowest BCUT2D eigenvalue weighted by molar-refractivity contribution is -0.870. The number of halogens is 3. The number of hydrogen-bond donors (Lipinski definition) is 0. The number of quaternary nitrogens is 1. The molecule has 0 saturated heterocycles. The minimum absolute atomic E-state index is 0. The van der Waals surface area contributed by atoms with Gasteiger partial charge in [0.2, 0.25) is 0 Å². The summed E-state index contributed by atoms with van der Waals surface area (Å²) in [5.74, 6) is -3.73. The van der Waals surface area contributed by atoms with E-state index in [1.807, 2.05) is 21.1 Å². The average molecular weight is 576 g/mol. The van der Waals surface area contributed by atoms with E-state index in [0.717, 1.165) is 18.4 Å². The van der Waals surface area contributed by atoms with Crippen LogP contribution in [0, 0.1) is 11.6 Å². The van der Waals surface area contributed by atoms with Gasteiger partial charge in [0.15, 0.2) is 21.5 Å². The Morgan fingerprint density at radius 2 is 1.49 bits per heavy atom. The molecule has 2 rings (SSSR count). The second-order valence-corrected chi connectivity index (χ2v) is 10.7. The van der Waals surface area contributed by atoms with Gasteiger partial charge in [0.05, 0.1) is 31.6 Å². The molecular formula is C24H28BrF2NO6S. The van der Waals surface area contributed by atoms with E-state index in [-0.39, 0.29) is 51.8 Å². The molecular weight excluding hydrogens is 548 g/mol. The highest BCUT2D eigenvalue weighted by Gasteiger charge is 2.24. The summed E-state index contributed by atoms with van der Waals surface area (Å²) in [6.07, 6.45) is 1.05. The van der Waals surface area contributed by atoms with Crippen molar-refractivity contribution in [2.75, 3.05) is 47.2 Å². The van der Waals surface area contributed by atoms with Crippen LogP contribution in [-0.4, -0.2) is 72.0 Å². The summed E-state index contributed by atoms with van der Waals surface area (Å²) in [5, 5.41) is 0. The first-order valence-corrected chi connectivity index (χ1v) is 12.2. The Bertz CT molecular complexity index is 1210. The number of benzene rings is 2. The van der Waals surface area contributed by atoms with Gasteiger partial charge in [0.1, 0.15) is 19.8 Å². The number of hydrogen-bond acceptors (Lipinski definition) is 6. The Labute approximate surface area is 214 Å². The topological polar surface area (TPSA) is 86.7 Å². The third kappa shape index (κ3) is 9.15. The fourth-order valence-corrected chi connectivity index (χ4v) is 3.56. The fourth-order valence-electron chi connectivity index (χ4n) is 2.93. The van der Waals surface area contributed by atoms with E-state index in [1.54, 1.807) is 0 Å². The zero-order valence-electron chi connectivity index (χ0n) is 20.1. The smallest absolute Gasteiger partial charge is 0.339 e. The van der Waals surface area contributed by atoms with Gasteiger partial charge in [-0.15, -0.1) is 0 Å². The number of likely N-dealkylation sites (N-methyl/N-ethyl adjacent to an activating group) is 1. The normalized spacial score (nSPS) is 12.3. The number of carbonyl (C=O) groups excluding carboxylic acids is 2. The minimum atomic E-state index is -3.48. The monoisotopic (exact) mass is 575 g/mol. The summed E-state index contributed by atoms with van der Waals surface area (Å²) in [7, 11) is 2.25. The van der Waals surface area contributed by atoms with E-state index in [4.69, 9.17) is 9.47 Å². The summed E-state index contributed by atoms with van der Waals surface area (Å²) in [6.45, 7) is 1.33. The Kier molecular flexibility index (Phi) is 10.7. The van der Waals surface area contributed by atoms with E-state index in [0.29, 0.717) is 16.6 Å². The van der Waals surface area contributed by atoms with Gasteiger partial charge in [-0.25, -0.2) is 22.0 Å². The number of nitrogens with zero attached hydrogens (tertiary/aromatic N) is 1. The van der Waals surface area contributed by atoms with E-state index < -0.39 is 33.4 Å². The van der Waals surface area contributed by atoms with Gasteiger partial charge in [0.25, 0.3) is 0 Å². The largest absolute Gasteiger partial charge is 1.00 e. The molecule has 0 unspecified atom stereocenters. The SMILES string of the molecule is CC(=O)OCC(=C(C(=O)OCC[N+](C)(C)C)c1ccc(F)c(F)c1)c1ccc(S(C)(=O)=O)cc1.[Br-]. The zero-order chi connectivity index (χ0) is 25.7. The molecule has 192 valence electrons. The molecule has 0 saturated carbocycles. The lowest BCUT2D eigenvalue weighted by atomic mass is 9.94. The Balaban J connectivity index is 0.00000612.